The number of nitrogens with one attached hydrogen (secondary N) is 2. The van der Waals surface area contributed by atoms with Crippen molar-refractivity contribution in [2.45, 2.75) is 32.4 Å². The number of hydrogen-bond acceptors (Lipinski definition) is 4. The molecule has 2 bridgehead atoms. The second-order valence-electron chi connectivity index (χ2n) is 9.42. The van der Waals surface area contributed by atoms with Crippen molar-refractivity contribution in [3.63, 3.8) is 0 Å². The zero-order valence-electron chi connectivity index (χ0n) is 19.0. The summed E-state index contributed by atoms with van der Waals surface area (Å²) in [5, 5.41) is 6.48. The van der Waals surface area contributed by atoms with Crippen LogP contribution in [0.5, 0.6) is 0 Å². The highest BCUT2D eigenvalue weighted by Crippen LogP contribution is 2.52. The van der Waals surface area contributed by atoms with Gasteiger partial charge in [0, 0.05) is 46.2 Å². The Balaban J connectivity index is 1.07. The van der Waals surface area contributed by atoms with Gasteiger partial charge in [-0.2, -0.15) is 0 Å². The molecule has 8 heteroatoms. The van der Waals surface area contributed by atoms with E-state index < -0.39 is 0 Å². The molecule has 4 atom stereocenters. The number of hydrogen-bond donors (Lipinski definition) is 2. The van der Waals surface area contributed by atoms with E-state index >= 15 is 0 Å². The van der Waals surface area contributed by atoms with E-state index in [2.05, 4.69) is 52.0 Å². The van der Waals surface area contributed by atoms with Crippen molar-refractivity contribution in [2.75, 3.05) is 26.7 Å². The minimum absolute atomic E-state index is 0.0117. The van der Waals surface area contributed by atoms with Crippen LogP contribution < -0.4 is 10.6 Å². The van der Waals surface area contributed by atoms with Gasteiger partial charge < -0.3 is 15.5 Å². The predicted octanol–water partition coefficient (Wildman–Crippen LogP) is 1.28. The van der Waals surface area contributed by atoms with Gasteiger partial charge in [0.15, 0.2) is 5.96 Å². The molecule has 1 saturated carbocycles. The van der Waals surface area contributed by atoms with E-state index in [0.717, 1.165) is 30.5 Å². The van der Waals surface area contributed by atoms with Crippen LogP contribution in [0.4, 0.5) is 0 Å². The van der Waals surface area contributed by atoms with Gasteiger partial charge in [-0.05, 0) is 35.8 Å². The molecule has 0 aromatic heterocycles. The molecular formula is C25H31N5O3. The van der Waals surface area contributed by atoms with Crippen LogP contribution in [0, 0.1) is 23.7 Å². The van der Waals surface area contributed by atoms with Crippen LogP contribution in [0.15, 0.2) is 41.4 Å². The summed E-state index contributed by atoms with van der Waals surface area (Å²) in [6.45, 7) is 2.93. The van der Waals surface area contributed by atoms with Gasteiger partial charge in [0.1, 0.15) is 0 Å². The Morgan fingerprint density at radius 3 is 2.27 bits per heavy atom. The summed E-state index contributed by atoms with van der Waals surface area (Å²) in [4.78, 5) is 44.9. The van der Waals surface area contributed by atoms with Gasteiger partial charge in [-0.3, -0.25) is 24.3 Å². The van der Waals surface area contributed by atoms with Gasteiger partial charge in [0.25, 0.3) is 0 Å². The smallest absolute Gasteiger partial charge is 0.233 e. The lowest BCUT2D eigenvalue weighted by Crippen LogP contribution is -2.43. The van der Waals surface area contributed by atoms with Crippen LogP contribution in [0.3, 0.4) is 0 Å². The second kappa shape index (κ2) is 9.00. The summed E-state index contributed by atoms with van der Waals surface area (Å²) in [5.41, 5.74) is 2.24. The Hall–Kier alpha value is -3.16. The molecule has 2 heterocycles. The number of likely N-dealkylation sites (tertiary alicyclic amines) is 2. The fourth-order valence-corrected chi connectivity index (χ4v) is 5.73. The zero-order valence-corrected chi connectivity index (χ0v) is 19.0. The molecule has 3 fully saturated rings. The summed E-state index contributed by atoms with van der Waals surface area (Å²) in [7, 11) is 1.70. The molecule has 1 aromatic rings. The lowest BCUT2D eigenvalue weighted by atomic mass is 9.85. The predicted molar refractivity (Wildman–Crippen MR) is 124 cm³/mol. The maximum absolute atomic E-state index is 12.8. The Bertz CT molecular complexity index is 972. The van der Waals surface area contributed by atoms with Crippen LogP contribution in [0.25, 0.3) is 0 Å². The van der Waals surface area contributed by atoms with Crippen LogP contribution in [-0.2, 0) is 27.5 Å². The summed E-state index contributed by atoms with van der Waals surface area (Å²) in [6.07, 6.45) is 6.79. The molecule has 2 N–H and O–H groups in total. The third kappa shape index (κ3) is 4.14. The molecule has 4 aliphatic rings. The van der Waals surface area contributed by atoms with Crippen LogP contribution in [0.2, 0.25) is 0 Å². The first-order chi connectivity index (χ1) is 16.0. The minimum Gasteiger partial charge on any atom is -0.355 e. The molecule has 1 aromatic carbocycles. The van der Waals surface area contributed by atoms with E-state index in [-0.39, 0.29) is 41.4 Å². The lowest BCUT2D eigenvalue weighted by molar-refractivity contribution is -0.140. The Morgan fingerprint density at radius 2 is 1.67 bits per heavy atom. The molecule has 3 amide bonds. The molecule has 0 radical (unpaired) electrons. The number of carbonyl (C=O) groups is 3. The fraction of sp³-hybridized carbons (Fsp3) is 0.520. The third-order valence-electron chi connectivity index (χ3n) is 7.44. The Labute approximate surface area is 194 Å². The quantitative estimate of drug-likeness (QED) is 0.283. The lowest BCUT2D eigenvalue weighted by Gasteiger charge is -2.19. The maximum Gasteiger partial charge on any atom is 0.233 e. The first-order valence-electron chi connectivity index (χ1n) is 11.9. The molecule has 4 unspecified atom stereocenters. The van der Waals surface area contributed by atoms with Gasteiger partial charge in [-0.25, -0.2) is 0 Å². The number of nitrogens with zero attached hydrogens (tertiary/aromatic N) is 3. The summed E-state index contributed by atoms with van der Waals surface area (Å²) in [5.74, 6) is 1.04. The molecule has 8 nitrogen and oxygen atoms in total. The minimum atomic E-state index is -0.142. The summed E-state index contributed by atoms with van der Waals surface area (Å²) >= 11 is 0. The fourth-order valence-electron chi connectivity index (χ4n) is 5.73. The first-order valence-corrected chi connectivity index (χ1v) is 11.9. The number of allylic oxidation sites excluding steroid dienone is 2. The molecule has 2 aliphatic heterocycles. The first kappa shape index (κ1) is 21.7. The molecule has 174 valence electrons. The van der Waals surface area contributed by atoms with Gasteiger partial charge in [0.05, 0.1) is 11.8 Å². The van der Waals surface area contributed by atoms with Crippen molar-refractivity contribution in [3.8, 4) is 0 Å². The average molecular weight is 450 g/mol. The molecular weight excluding hydrogens is 418 g/mol. The average Bonchev–Trinajstić information content (AvgIpc) is 3.59. The number of benzene rings is 1. The SMILES string of the molecule is CN=C(NCCN1C(=O)C2C3C=CC(C3)C2C1=O)NCc1ccc(CN2CCCC2=O)cc1. The van der Waals surface area contributed by atoms with E-state index in [4.69, 9.17) is 0 Å². The topological polar surface area (TPSA) is 94.1 Å². The van der Waals surface area contributed by atoms with E-state index in [1.807, 2.05) is 4.90 Å². The van der Waals surface area contributed by atoms with Crippen molar-refractivity contribution in [3.05, 3.63) is 47.5 Å². The number of aliphatic imine (C=N–C) groups is 1. The normalized spacial score (nSPS) is 28.3. The maximum atomic E-state index is 12.8. The number of imide groups is 1. The Kier molecular flexibility index (Phi) is 5.91. The number of amides is 3. The van der Waals surface area contributed by atoms with Gasteiger partial charge in [0.2, 0.25) is 17.7 Å². The van der Waals surface area contributed by atoms with E-state index in [1.165, 1.54) is 4.90 Å². The van der Waals surface area contributed by atoms with E-state index in [0.29, 0.717) is 38.6 Å². The monoisotopic (exact) mass is 449 g/mol. The summed E-state index contributed by atoms with van der Waals surface area (Å²) in [6, 6.07) is 8.22. The number of guanidine groups is 1. The van der Waals surface area contributed by atoms with Gasteiger partial charge >= 0.3 is 0 Å². The second-order valence-corrected chi connectivity index (χ2v) is 9.42. The highest BCUT2D eigenvalue weighted by molar-refractivity contribution is 6.06. The highest BCUT2D eigenvalue weighted by atomic mass is 16.2. The molecule has 0 spiro atoms. The largest absolute Gasteiger partial charge is 0.355 e. The van der Waals surface area contributed by atoms with Crippen molar-refractivity contribution in [2.24, 2.45) is 28.7 Å². The molecule has 2 saturated heterocycles. The van der Waals surface area contributed by atoms with Crippen molar-refractivity contribution < 1.29 is 14.4 Å². The number of fused-ring (bicyclic) bond motifs is 5. The zero-order chi connectivity index (χ0) is 22.9. The van der Waals surface area contributed by atoms with Crippen LogP contribution in [-0.4, -0.2) is 60.2 Å². The third-order valence-corrected chi connectivity index (χ3v) is 7.44. The van der Waals surface area contributed by atoms with Gasteiger partial charge in [-0.1, -0.05) is 36.4 Å². The van der Waals surface area contributed by atoms with E-state index in [1.54, 1.807) is 7.05 Å². The standard InChI is InChI=1S/C25H31N5O3/c1-26-25(28-14-16-4-6-17(7-5-16)15-29-11-2-3-20(29)31)27-10-12-30-23(32)21-18-8-9-19(13-18)22(21)24(30)33/h4-9,18-19,21-22H,2-3,10-15H2,1H3,(H2,26,27,28). The summed E-state index contributed by atoms with van der Waals surface area (Å²) < 4.78 is 0. The molecule has 2 aliphatic carbocycles. The van der Waals surface area contributed by atoms with Crippen molar-refractivity contribution in [1.82, 2.24) is 20.4 Å². The van der Waals surface area contributed by atoms with Gasteiger partial charge in [-0.15, -0.1) is 0 Å². The highest BCUT2D eigenvalue weighted by Gasteiger charge is 2.58. The molecule has 33 heavy (non-hydrogen) atoms. The van der Waals surface area contributed by atoms with Crippen LogP contribution in [0.1, 0.15) is 30.4 Å². The molecule has 5 rings (SSSR count). The van der Waals surface area contributed by atoms with Crippen molar-refractivity contribution in [1.29, 1.82) is 0 Å². The number of carbonyl (C=O) groups excluding carboxylic acids is 3. The Morgan fingerprint density at radius 1 is 1.00 bits per heavy atom. The number of rotatable bonds is 7. The van der Waals surface area contributed by atoms with Crippen LogP contribution >= 0.6 is 0 Å². The van der Waals surface area contributed by atoms with E-state index in [9.17, 15) is 14.4 Å². The van der Waals surface area contributed by atoms with Crippen molar-refractivity contribution >= 4 is 23.7 Å².